The zero-order valence-corrected chi connectivity index (χ0v) is 16.2. The lowest BCUT2D eigenvalue weighted by Crippen LogP contribution is -2.33. The molecule has 0 aromatic heterocycles. The molecule has 1 N–H and O–H groups in total. The predicted molar refractivity (Wildman–Crippen MR) is 105 cm³/mol. The molecule has 0 aliphatic carbocycles. The van der Waals surface area contributed by atoms with E-state index in [-0.39, 0.29) is 11.8 Å². The first kappa shape index (κ1) is 19.0. The summed E-state index contributed by atoms with van der Waals surface area (Å²) in [5.41, 5.74) is 2.19. The van der Waals surface area contributed by atoms with Gasteiger partial charge in [0.15, 0.2) is 11.5 Å². The largest absolute Gasteiger partial charge is 0.493 e. The minimum absolute atomic E-state index is 0.229. The van der Waals surface area contributed by atoms with Gasteiger partial charge in [-0.2, -0.15) is 0 Å². The van der Waals surface area contributed by atoms with Crippen molar-refractivity contribution >= 4 is 34.8 Å². The van der Waals surface area contributed by atoms with Crippen molar-refractivity contribution < 1.29 is 19.1 Å². The molecule has 1 heterocycles. The Morgan fingerprint density at radius 3 is 2.56 bits per heavy atom. The van der Waals surface area contributed by atoms with Crippen molar-refractivity contribution in [3.63, 3.8) is 0 Å². The molecular formula is C20H21ClN2O4. The summed E-state index contributed by atoms with van der Waals surface area (Å²) in [6, 6.07) is 10.5. The number of ether oxygens (including phenoxy) is 2. The van der Waals surface area contributed by atoms with Gasteiger partial charge in [0.25, 0.3) is 0 Å². The number of halogens is 1. The Morgan fingerprint density at radius 2 is 1.89 bits per heavy atom. The summed E-state index contributed by atoms with van der Waals surface area (Å²) in [5, 5.41) is 3.38. The van der Waals surface area contributed by atoms with E-state index < -0.39 is 5.92 Å². The number of rotatable bonds is 5. The topological polar surface area (TPSA) is 67.9 Å². The van der Waals surface area contributed by atoms with Crippen LogP contribution in [0.4, 0.5) is 11.4 Å². The van der Waals surface area contributed by atoms with E-state index in [4.69, 9.17) is 21.1 Å². The van der Waals surface area contributed by atoms with Gasteiger partial charge in [-0.05, 0) is 43.2 Å². The molecule has 0 radical (unpaired) electrons. The second kappa shape index (κ2) is 7.88. The molecule has 6 nitrogen and oxygen atoms in total. The van der Waals surface area contributed by atoms with Crippen molar-refractivity contribution in [3.8, 4) is 11.5 Å². The smallest absolute Gasteiger partial charge is 0.239 e. The number of hydrogen-bond acceptors (Lipinski definition) is 4. The van der Waals surface area contributed by atoms with E-state index in [1.165, 1.54) is 7.11 Å². The van der Waals surface area contributed by atoms with Crippen LogP contribution in [0.2, 0.25) is 5.02 Å². The first-order valence-electron chi connectivity index (χ1n) is 8.55. The molecule has 1 fully saturated rings. The van der Waals surface area contributed by atoms with Gasteiger partial charge in [0.05, 0.1) is 14.2 Å². The molecule has 3 rings (SSSR count). The van der Waals surface area contributed by atoms with E-state index in [2.05, 4.69) is 5.32 Å². The van der Waals surface area contributed by atoms with E-state index in [1.54, 1.807) is 36.3 Å². The van der Waals surface area contributed by atoms with Crippen LogP contribution in [0.3, 0.4) is 0 Å². The summed E-state index contributed by atoms with van der Waals surface area (Å²) >= 11 is 6.16. The molecule has 7 heteroatoms. The number of nitrogens with zero attached hydrogens (tertiary/aromatic N) is 1. The molecule has 1 saturated heterocycles. The summed E-state index contributed by atoms with van der Waals surface area (Å²) < 4.78 is 10.4. The summed E-state index contributed by atoms with van der Waals surface area (Å²) in [4.78, 5) is 27.0. The first-order valence-corrected chi connectivity index (χ1v) is 8.93. The van der Waals surface area contributed by atoms with Crippen molar-refractivity contribution in [1.29, 1.82) is 0 Å². The number of amides is 2. The van der Waals surface area contributed by atoms with Crippen LogP contribution >= 0.6 is 11.6 Å². The summed E-state index contributed by atoms with van der Waals surface area (Å²) in [5.74, 6) is -0.238. The molecule has 0 saturated carbocycles. The molecule has 0 spiro atoms. The van der Waals surface area contributed by atoms with Crippen molar-refractivity contribution in [3.05, 3.63) is 47.0 Å². The second-order valence-electron chi connectivity index (χ2n) is 6.32. The Balaban J connectivity index is 1.73. The third-order valence-corrected chi connectivity index (χ3v) is 5.05. The third-order valence-electron chi connectivity index (χ3n) is 4.64. The SMILES string of the molecule is COc1ccc(NC(=O)[C@H]2CCN(c3ccc(C)c(Cl)c3)C2=O)cc1OC. The Labute approximate surface area is 163 Å². The van der Waals surface area contributed by atoms with Gasteiger partial charge in [-0.25, -0.2) is 0 Å². The fraction of sp³-hybridized carbons (Fsp3) is 0.300. The molecule has 2 aromatic carbocycles. The fourth-order valence-electron chi connectivity index (χ4n) is 3.07. The molecule has 1 atom stereocenters. The molecule has 1 aliphatic rings. The average Bonchev–Trinajstić information content (AvgIpc) is 3.05. The van der Waals surface area contributed by atoms with E-state index in [0.29, 0.717) is 40.9 Å². The highest BCUT2D eigenvalue weighted by molar-refractivity contribution is 6.31. The number of hydrogen-bond donors (Lipinski definition) is 1. The Hall–Kier alpha value is -2.73. The molecule has 27 heavy (non-hydrogen) atoms. The van der Waals surface area contributed by atoms with Crippen LogP contribution in [0.1, 0.15) is 12.0 Å². The van der Waals surface area contributed by atoms with E-state index in [0.717, 1.165) is 5.56 Å². The van der Waals surface area contributed by atoms with Gasteiger partial charge in [0, 0.05) is 29.0 Å². The summed E-state index contributed by atoms with van der Waals surface area (Å²) in [6.45, 7) is 2.37. The highest BCUT2D eigenvalue weighted by Crippen LogP contribution is 2.32. The highest BCUT2D eigenvalue weighted by atomic mass is 35.5. The molecule has 2 aromatic rings. The lowest BCUT2D eigenvalue weighted by molar-refractivity contribution is -0.129. The van der Waals surface area contributed by atoms with Crippen LogP contribution in [0.15, 0.2) is 36.4 Å². The Morgan fingerprint density at radius 1 is 1.15 bits per heavy atom. The maximum atomic E-state index is 12.7. The minimum Gasteiger partial charge on any atom is -0.493 e. The highest BCUT2D eigenvalue weighted by Gasteiger charge is 2.37. The molecule has 0 unspecified atom stereocenters. The maximum absolute atomic E-state index is 12.7. The van der Waals surface area contributed by atoms with Crippen molar-refractivity contribution in [2.75, 3.05) is 31.0 Å². The first-order chi connectivity index (χ1) is 12.9. The zero-order chi connectivity index (χ0) is 19.6. The van der Waals surface area contributed by atoms with Crippen LogP contribution in [0.5, 0.6) is 11.5 Å². The molecule has 0 bridgehead atoms. The van der Waals surface area contributed by atoms with Crippen LogP contribution in [-0.2, 0) is 9.59 Å². The number of benzene rings is 2. The number of aryl methyl sites for hydroxylation is 1. The lowest BCUT2D eigenvalue weighted by Gasteiger charge is -2.18. The van der Waals surface area contributed by atoms with E-state index in [1.807, 2.05) is 19.1 Å². The summed E-state index contributed by atoms with van der Waals surface area (Å²) in [7, 11) is 3.06. The van der Waals surface area contributed by atoms with Gasteiger partial charge >= 0.3 is 0 Å². The van der Waals surface area contributed by atoms with Crippen LogP contribution in [-0.4, -0.2) is 32.6 Å². The Kier molecular flexibility index (Phi) is 5.56. The monoisotopic (exact) mass is 388 g/mol. The van der Waals surface area contributed by atoms with Gasteiger partial charge in [0.2, 0.25) is 11.8 Å². The average molecular weight is 389 g/mol. The molecule has 2 amide bonds. The normalized spacial score (nSPS) is 16.4. The van der Waals surface area contributed by atoms with Gasteiger partial charge < -0.3 is 19.7 Å². The van der Waals surface area contributed by atoms with Crippen LogP contribution < -0.4 is 19.7 Å². The molecular weight excluding hydrogens is 368 g/mol. The van der Waals surface area contributed by atoms with E-state index in [9.17, 15) is 9.59 Å². The van der Waals surface area contributed by atoms with Crippen LogP contribution in [0, 0.1) is 12.8 Å². The fourth-order valence-corrected chi connectivity index (χ4v) is 3.25. The quantitative estimate of drug-likeness (QED) is 0.794. The number of methoxy groups -OCH3 is 2. The maximum Gasteiger partial charge on any atom is 0.239 e. The van der Waals surface area contributed by atoms with E-state index >= 15 is 0 Å². The number of anilines is 2. The minimum atomic E-state index is -0.738. The number of carbonyl (C=O) groups is 2. The van der Waals surface area contributed by atoms with Gasteiger partial charge in [-0.1, -0.05) is 17.7 Å². The molecule has 142 valence electrons. The zero-order valence-electron chi connectivity index (χ0n) is 15.4. The Bertz CT molecular complexity index is 884. The van der Waals surface area contributed by atoms with Gasteiger partial charge in [-0.15, -0.1) is 0 Å². The predicted octanol–water partition coefficient (Wildman–Crippen LogP) is 3.66. The third kappa shape index (κ3) is 3.85. The summed E-state index contributed by atoms with van der Waals surface area (Å²) in [6.07, 6.45) is 0.448. The number of carbonyl (C=O) groups excluding carboxylic acids is 2. The standard InChI is InChI=1S/C20H21ClN2O4/c1-12-4-6-14(11-16(12)21)23-9-8-15(20(23)25)19(24)22-13-5-7-17(26-2)18(10-13)27-3/h4-7,10-11,15H,8-9H2,1-3H3,(H,22,24)/t15-/m1/s1. The van der Waals surface area contributed by atoms with Crippen molar-refractivity contribution in [2.24, 2.45) is 5.92 Å². The second-order valence-corrected chi connectivity index (χ2v) is 6.73. The van der Waals surface area contributed by atoms with Gasteiger partial charge in [-0.3, -0.25) is 9.59 Å². The van der Waals surface area contributed by atoms with Gasteiger partial charge in [0.1, 0.15) is 5.92 Å². The van der Waals surface area contributed by atoms with Crippen molar-refractivity contribution in [1.82, 2.24) is 0 Å². The molecule has 1 aliphatic heterocycles. The van der Waals surface area contributed by atoms with Crippen molar-refractivity contribution in [2.45, 2.75) is 13.3 Å². The van der Waals surface area contributed by atoms with Crippen LogP contribution in [0.25, 0.3) is 0 Å². The lowest BCUT2D eigenvalue weighted by atomic mass is 10.1. The number of nitrogens with one attached hydrogen (secondary N) is 1.